The molecule has 1 aliphatic rings. The summed E-state index contributed by atoms with van der Waals surface area (Å²) in [5, 5.41) is 6.71. The highest BCUT2D eigenvalue weighted by Crippen LogP contribution is 2.31. The number of amides is 1. The third kappa shape index (κ3) is 6.03. The van der Waals surface area contributed by atoms with Crippen molar-refractivity contribution in [3.05, 3.63) is 41.1 Å². The summed E-state index contributed by atoms with van der Waals surface area (Å²) in [6.45, 7) is 6.08. The third-order valence-corrected chi connectivity index (χ3v) is 5.40. The molecule has 1 aromatic carbocycles. The second-order valence-electron chi connectivity index (χ2n) is 7.15. The number of ether oxygens (including phenoxy) is 1. The quantitative estimate of drug-likeness (QED) is 0.355. The Hall–Kier alpha value is -2.41. The molecule has 0 radical (unpaired) electrons. The van der Waals surface area contributed by atoms with Gasteiger partial charge in [-0.1, -0.05) is 38.3 Å². The molecule has 6 nitrogen and oxygen atoms in total. The Morgan fingerprint density at radius 2 is 2.00 bits per heavy atom. The van der Waals surface area contributed by atoms with Crippen molar-refractivity contribution in [3.63, 3.8) is 0 Å². The van der Waals surface area contributed by atoms with Gasteiger partial charge in [-0.2, -0.15) is 0 Å². The van der Waals surface area contributed by atoms with E-state index in [9.17, 15) is 9.59 Å². The number of thiocarbonyl (C=S) groups is 1. The summed E-state index contributed by atoms with van der Waals surface area (Å²) in [4.78, 5) is 26.6. The molecule has 0 unspecified atom stereocenters. The van der Waals surface area contributed by atoms with Gasteiger partial charge >= 0.3 is 5.97 Å². The minimum atomic E-state index is -0.431. The first-order valence-corrected chi connectivity index (χ1v) is 10.6. The molecule has 2 N–H and O–H groups in total. The van der Waals surface area contributed by atoms with Crippen LogP contribution >= 0.6 is 12.2 Å². The molecule has 0 saturated heterocycles. The van der Waals surface area contributed by atoms with Crippen molar-refractivity contribution in [2.45, 2.75) is 58.9 Å². The van der Waals surface area contributed by atoms with E-state index in [4.69, 9.17) is 17.0 Å². The van der Waals surface area contributed by atoms with Crippen molar-refractivity contribution >= 4 is 34.9 Å². The van der Waals surface area contributed by atoms with Gasteiger partial charge in [0.15, 0.2) is 5.11 Å². The Balaban J connectivity index is 2.21. The molecule has 29 heavy (non-hydrogen) atoms. The number of nitrogens with one attached hydrogen (secondary N) is 2. The number of esters is 1. The lowest BCUT2D eigenvalue weighted by atomic mass is 9.95. The van der Waals surface area contributed by atoms with Crippen molar-refractivity contribution in [2.24, 2.45) is 0 Å². The highest BCUT2D eigenvalue weighted by atomic mass is 32.1. The van der Waals surface area contributed by atoms with Gasteiger partial charge in [0.1, 0.15) is 0 Å². The van der Waals surface area contributed by atoms with Gasteiger partial charge in [-0.25, -0.2) is 4.79 Å². The topological polar surface area (TPSA) is 70.7 Å². The summed E-state index contributed by atoms with van der Waals surface area (Å²) < 4.78 is 5.27. The standard InChI is InChI=1S/C22H31N3O3S/c1-5-7-8-9-13-18(26)23-17-12-10-11-16(14-17)20-19(21(27)28-6-2)15(3)25(4)22(29)24-20/h10-12,14,20H,5-9,13H2,1-4H3,(H,23,26)(H,24,29)/t20-/m0/s1. The van der Waals surface area contributed by atoms with E-state index in [0.717, 1.165) is 36.9 Å². The number of hydrogen-bond donors (Lipinski definition) is 2. The van der Waals surface area contributed by atoms with Crippen molar-refractivity contribution in [2.75, 3.05) is 19.0 Å². The molecule has 1 amide bonds. The van der Waals surface area contributed by atoms with E-state index in [1.807, 2.05) is 38.2 Å². The Bertz CT molecular complexity index is 791. The molecule has 0 aromatic heterocycles. The van der Waals surface area contributed by atoms with E-state index in [-0.39, 0.29) is 11.9 Å². The average Bonchev–Trinajstić information content (AvgIpc) is 2.69. The number of carbonyl (C=O) groups is 2. The first-order chi connectivity index (χ1) is 13.9. The number of nitrogens with zero attached hydrogens (tertiary/aromatic N) is 1. The van der Waals surface area contributed by atoms with E-state index in [1.165, 1.54) is 0 Å². The predicted octanol–water partition coefficient (Wildman–Crippen LogP) is 4.29. The van der Waals surface area contributed by atoms with E-state index in [1.54, 1.807) is 11.8 Å². The molecule has 0 spiro atoms. The Morgan fingerprint density at radius 1 is 1.24 bits per heavy atom. The summed E-state index contributed by atoms with van der Waals surface area (Å²) in [6.07, 6.45) is 4.75. The number of unbranched alkanes of at least 4 members (excludes halogenated alkanes) is 3. The SMILES string of the molecule is CCCCCCC(=O)Nc1cccc([C@@H]2NC(=S)N(C)C(C)=C2C(=O)OCC)c1. The van der Waals surface area contributed by atoms with Crippen molar-refractivity contribution in [3.8, 4) is 0 Å². The molecule has 0 saturated carbocycles. The second-order valence-corrected chi connectivity index (χ2v) is 7.53. The van der Waals surface area contributed by atoms with Crippen LogP contribution in [0.3, 0.4) is 0 Å². The van der Waals surface area contributed by atoms with Crippen LogP contribution in [0.2, 0.25) is 0 Å². The van der Waals surface area contributed by atoms with Crippen LogP contribution in [0.25, 0.3) is 0 Å². The van der Waals surface area contributed by atoms with Gasteiger partial charge in [-0.3, -0.25) is 4.79 Å². The van der Waals surface area contributed by atoms with Crippen molar-refractivity contribution < 1.29 is 14.3 Å². The molecule has 0 bridgehead atoms. The first kappa shape index (κ1) is 22.9. The lowest BCUT2D eigenvalue weighted by molar-refractivity contribution is -0.139. The van der Waals surface area contributed by atoms with Crippen molar-refractivity contribution in [1.29, 1.82) is 0 Å². The van der Waals surface area contributed by atoms with Gasteiger partial charge < -0.3 is 20.3 Å². The van der Waals surface area contributed by atoms with Crippen molar-refractivity contribution in [1.82, 2.24) is 10.2 Å². The molecule has 2 rings (SSSR count). The zero-order chi connectivity index (χ0) is 21.4. The van der Waals surface area contributed by atoms with Crippen LogP contribution in [0.15, 0.2) is 35.5 Å². The molecule has 1 heterocycles. The summed E-state index contributed by atoms with van der Waals surface area (Å²) in [5.74, 6) is -0.371. The number of rotatable bonds is 9. The summed E-state index contributed by atoms with van der Waals surface area (Å²) in [6, 6.07) is 7.07. The fourth-order valence-electron chi connectivity index (χ4n) is 3.29. The van der Waals surface area contributed by atoms with Crippen LogP contribution in [0.5, 0.6) is 0 Å². The maximum atomic E-state index is 12.6. The molecule has 1 aromatic rings. The molecule has 0 aliphatic carbocycles. The Morgan fingerprint density at radius 3 is 2.69 bits per heavy atom. The van der Waals surface area contributed by atoms with E-state index in [0.29, 0.717) is 29.4 Å². The van der Waals surface area contributed by atoms with Crippen LogP contribution in [-0.4, -0.2) is 35.5 Å². The fraction of sp³-hybridized carbons (Fsp3) is 0.500. The molecule has 1 atom stereocenters. The zero-order valence-electron chi connectivity index (χ0n) is 17.7. The number of anilines is 1. The molecule has 158 valence electrons. The van der Waals surface area contributed by atoms with Crippen LogP contribution < -0.4 is 10.6 Å². The molecule has 1 aliphatic heterocycles. The fourth-order valence-corrected chi connectivity index (χ4v) is 3.55. The first-order valence-electron chi connectivity index (χ1n) is 10.2. The molecule has 0 fully saturated rings. The monoisotopic (exact) mass is 417 g/mol. The minimum absolute atomic E-state index is 0.00227. The molecular weight excluding hydrogens is 386 g/mol. The normalized spacial score (nSPS) is 16.5. The maximum absolute atomic E-state index is 12.6. The second kappa shape index (κ2) is 11.0. The third-order valence-electron chi connectivity index (χ3n) is 5.01. The van der Waals surface area contributed by atoms with Gasteiger partial charge in [0.05, 0.1) is 18.2 Å². The minimum Gasteiger partial charge on any atom is -0.463 e. The highest BCUT2D eigenvalue weighted by molar-refractivity contribution is 7.80. The van der Waals surface area contributed by atoms with Crippen LogP contribution in [0.1, 0.15) is 64.5 Å². The van der Waals surface area contributed by atoms with Crippen LogP contribution in [0.4, 0.5) is 5.69 Å². The average molecular weight is 418 g/mol. The number of allylic oxidation sites excluding steroid dienone is 1. The van der Waals surface area contributed by atoms with E-state index < -0.39 is 6.04 Å². The predicted molar refractivity (Wildman–Crippen MR) is 119 cm³/mol. The van der Waals surface area contributed by atoms with Crippen LogP contribution in [0, 0.1) is 0 Å². The van der Waals surface area contributed by atoms with Gasteiger partial charge in [-0.15, -0.1) is 0 Å². The zero-order valence-corrected chi connectivity index (χ0v) is 18.5. The summed E-state index contributed by atoms with van der Waals surface area (Å²) in [5.41, 5.74) is 2.82. The molecule has 7 heteroatoms. The van der Waals surface area contributed by atoms with Crippen LogP contribution in [-0.2, 0) is 14.3 Å². The van der Waals surface area contributed by atoms with E-state index >= 15 is 0 Å². The smallest absolute Gasteiger partial charge is 0.338 e. The number of benzene rings is 1. The Labute approximate surface area is 178 Å². The number of carbonyl (C=O) groups excluding carboxylic acids is 2. The highest BCUT2D eigenvalue weighted by Gasteiger charge is 2.33. The van der Waals surface area contributed by atoms with Gasteiger partial charge in [0.2, 0.25) is 5.91 Å². The van der Waals surface area contributed by atoms with Gasteiger partial charge in [-0.05, 0) is 50.2 Å². The van der Waals surface area contributed by atoms with Gasteiger partial charge in [0.25, 0.3) is 0 Å². The summed E-state index contributed by atoms with van der Waals surface area (Å²) in [7, 11) is 1.81. The Kier molecular flexibility index (Phi) is 8.64. The summed E-state index contributed by atoms with van der Waals surface area (Å²) >= 11 is 5.42. The largest absolute Gasteiger partial charge is 0.463 e. The number of hydrogen-bond acceptors (Lipinski definition) is 4. The lowest BCUT2D eigenvalue weighted by Gasteiger charge is -2.35. The lowest BCUT2D eigenvalue weighted by Crippen LogP contribution is -2.46. The molecular formula is C22H31N3O3S. The maximum Gasteiger partial charge on any atom is 0.338 e. The van der Waals surface area contributed by atoms with E-state index in [2.05, 4.69) is 17.6 Å². The van der Waals surface area contributed by atoms with Gasteiger partial charge in [0, 0.05) is 24.9 Å².